The van der Waals surface area contributed by atoms with Crippen LogP contribution in [0.2, 0.25) is 0 Å². The molecule has 0 N–H and O–H groups in total. The van der Waals surface area contributed by atoms with Crippen LogP contribution in [0.5, 0.6) is 0 Å². The van der Waals surface area contributed by atoms with E-state index in [1.807, 2.05) is 13.1 Å². The second-order valence-electron chi connectivity index (χ2n) is 5.56. The first kappa shape index (κ1) is 13.3. The van der Waals surface area contributed by atoms with E-state index in [-0.39, 0.29) is 5.92 Å². The molecule has 0 bridgehead atoms. The average Bonchev–Trinajstić information content (AvgIpc) is 2.82. The van der Waals surface area contributed by atoms with Crippen molar-refractivity contribution in [2.24, 2.45) is 18.9 Å². The number of hydrogen-bond donors (Lipinski definition) is 0. The van der Waals surface area contributed by atoms with Gasteiger partial charge in [-0.3, -0.25) is 9.48 Å². The summed E-state index contributed by atoms with van der Waals surface area (Å²) in [5, 5.41) is 4.08. The lowest BCUT2D eigenvalue weighted by Gasteiger charge is -2.27. The Hall–Kier alpha value is -1.12. The van der Waals surface area contributed by atoms with E-state index in [9.17, 15) is 4.79 Å². The third-order valence-electron chi connectivity index (χ3n) is 4.26. The lowest BCUT2D eigenvalue weighted by molar-refractivity contribution is 0.0859. The molecule has 1 aromatic heterocycles. The van der Waals surface area contributed by atoms with Crippen LogP contribution in [0.4, 0.5) is 0 Å². The van der Waals surface area contributed by atoms with E-state index < -0.39 is 0 Å². The number of nitrogens with zero attached hydrogens (tertiary/aromatic N) is 2. The number of rotatable bonds is 5. The molecule has 1 heterocycles. The van der Waals surface area contributed by atoms with Crippen LogP contribution in [0.1, 0.15) is 62.4 Å². The quantitative estimate of drug-likeness (QED) is 0.746. The van der Waals surface area contributed by atoms with Gasteiger partial charge in [-0.1, -0.05) is 26.2 Å². The maximum atomic E-state index is 12.3. The highest BCUT2D eigenvalue weighted by atomic mass is 16.1. The number of carbonyl (C=O) groups excluding carboxylic acids is 1. The highest BCUT2D eigenvalue weighted by molar-refractivity contribution is 5.96. The highest BCUT2D eigenvalue weighted by Gasteiger charge is 2.27. The van der Waals surface area contributed by atoms with Crippen LogP contribution in [0.25, 0.3) is 0 Å². The fourth-order valence-electron chi connectivity index (χ4n) is 3.03. The number of hydrogen-bond acceptors (Lipinski definition) is 2. The molecular formula is C15H24N2O. The number of unbranched alkanes of at least 4 members (excludes halogenated alkanes) is 1. The summed E-state index contributed by atoms with van der Waals surface area (Å²) in [7, 11) is 1.85. The maximum Gasteiger partial charge on any atom is 0.183 e. The van der Waals surface area contributed by atoms with E-state index >= 15 is 0 Å². The molecule has 1 saturated carbocycles. The zero-order valence-electron chi connectivity index (χ0n) is 11.6. The number of ketones is 1. The molecule has 0 spiro atoms. The van der Waals surface area contributed by atoms with Gasteiger partial charge in [-0.05, 0) is 37.7 Å². The molecule has 0 amide bonds. The summed E-state index contributed by atoms with van der Waals surface area (Å²) in [6.07, 6.45) is 10.3. The number of aromatic nitrogens is 2. The van der Waals surface area contributed by atoms with E-state index in [2.05, 4.69) is 12.0 Å². The Morgan fingerprint density at radius 3 is 2.67 bits per heavy atom. The first-order valence-corrected chi connectivity index (χ1v) is 7.24. The summed E-state index contributed by atoms with van der Waals surface area (Å²) in [6.45, 7) is 2.25. The first-order chi connectivity index (χ1) is 8.72. The van der Waals surface area contributed by atoms with Crippen molar-refractivity contribution in [1.29, 1.82) is 0 Å². The highest BCUT2D eigenvalue weighted by Crippen LogP contribution is 2.33. The smallest absolute Gasteiger partial charge is 0.183 e. The summed E-state index contributed by atoms with van der Waals surface area (Å²) in [4.78, 5) is 12.3. The molecule has 0 aromatic carbocycles. The third kappa shape index (κ3) is 3.01. The van der Waals surface area contributed by atoms with Gasteiger partial charge in [-0.15, -0.1) is 0 Å². The van der Waals surface area contributed by atoms with Crippen molar-refractivity contribution in [1.82, 2.24) is 9.78 Å². The topological polar surface area (TPSA) is 34.9 Å². The second kappa shape index (κ2) is 6.17. The molecule has 1 aliphatic rings. The summed E-state index contributed by atoms with van der Waals surface area (Å²) in [5.74, 6) is 1.39. The molecule has 2 rings (SSSR count). The zero-order valence-corrected chi connectivity index (χ0v) is 11.6. The van der Waals surface area contributed by atoms with Crippen LogP contribution < -0.4 is 0 Å². The summed E-state index contributed by atoms with van der Waals surface area (Å²) >= 11 is 0. The van der Waals surface area contributed by atoms with Crippen LogP contribution in [-0.4, -0.2) is 15.6 Å². The Morgan fingerprint density at radius 1 is 1.39 bits per heavy atom. The van der Waals surface area contributed by atoms with Crippen molar-refractivity contribution in [3.8, 4) is 0 Å². The van der Waals surface area contributed by atoms with Crippen molar-refractivity contribution in [2.45, 2.75) is 51.9 Å². The average molecular weight is 248 g/mol. The van der Waals surface area contributed by atoms with Crippen molar-refractivity contribution < 1.29 is 4.79 Å². The van der Waals surface area contributed by atoms with Gasteiger partial charge in [0.25, 0.3) is 0 Å². The minimum absolute atomic E-state index is 0.235. The van der Waals surface area contributed by atoms with Gasteiger partial charge in [0.15, 0.2) is 5.78 Å². The normalized spacial score (nSPS) is 24.1. The Morgan fingerprint density at radius 2 is 2.11 bits per heavy atom. The van der Waals surface area contributed by atoms with Gasteiger partial charge in [0.1, 0.15) is 5.69 Å². The molecule has 1 aliphatic carbocycles. The molecule has 3 heteroatoms. The molecule has 100 valence electrons. The lowest BCUT2D eigenvalue weighted by Crippen LogP contribution is -2.23. The third-order valence-corrected chi connectivity index (χ3v) is 4.26. The van der Waals surface area contributed by atoms with Gasteiger partial charge in [-0.2, -0.15) is 5.10 Å². The zero-order chi connectivity index (χ0) is 13.0. The summed E-state index contributed by atoms with van der Waals surface area (Å²) in [5.41, 5.74) is 0.770. The van der Waals surface area contributed by atoms with Gasteiger partial charge >= 0.3 is 0 Å². The maximum absolute atomic E-state index is 12.3. The minimum atomic E-state index is 0.235. The Labute approximate surface area is 110 Å². The van der Waals surface area contributed by atoms with Crippen molar-refractivity contribution >= 4 is 5.78 Å². The Kier molecular flexibility index (Phi) is 4.56. The lowest BCUT2D eigenvalue weighted by atomic mass is 9.77. The fourth-order valence-corrected chi connectivity index (χ4v) is 3.03. The van der Waals surface area contributed by atoms with E-state index in [1.54, 1.807) is 10.9 Å². The number of carbonyl (C=O) groups is 1. The Bertz CT molecular complexity index is 389. The standard InChI is InChI=1S/C15H24N2O/c1-3-4-5-12-6-8-13(9-7-12)15(18)14-10-11-16-17(14)2/h10-13H,3-9H2,1-2H3. The monoisotopic (exact) mass is 248 g/mol. The number of aryl methyl sites for hydroxylation is 1. The van der Waals surface area contributed by atoms with Gasteiger partial charge in [0.05, 0.1) is 0 Å². The van der Waals surface area contributed by atoms with E-state index in [1.165, 1.54) is 32.1 Å². The predicted octanol–water partition coefficient (Wildman–Crippen LogP) is 3.60. The number of Topliss-reactive ketones (excluding diaryl/α,β-unsaturated/α-hetero) is 1. The van der Waals surface area contributed by atoms with Gasteiger partial charge < -0.3 is 0 Å². The molecule has 0 radical (unpaired) electrons. The van der Waals surface area contributed by atoms with Crippen molar-refractivity contribution in [3.05, 3.63) is 18.0 Å². The van der Waals surface area contributed by atoms with Crippen LogP contribution in [0.3, 0.4) is 0 Å². The molecule has 1 fully saturated rings. The second-order valence-corrected chi connectivity index (χ2v) is 5.56. The molecule has 0 aliphatic heterocycles. The molecule has 3 nitrogen and oxygen atoms in total. The fraction of sp³-hybridized carbons (Fsp3) is 0.733. The van der Waals surface area contributed by atoms with E-state index in [0.29, 0.717) is 5.78 Å². The largest absolute Gasteiger partial charge is 0.292 e. The van der Waals surface area contributed by atoms with E-state index in [4.69, 9.17) is 0 Å². The molecule has 1 aromatic rings. The molecular weight excluding hydrogens is 224 g/mol. The van der Waals surface area contributed by atoms with Crippen LogP contribution in [-0.2, 0) is 7.05 Å². The molecule has 18 heavy (non-hydrogen) atoms. The predicted molar refractivity (Wildman–Crippen MR) is 72.5 cm³/mol. The van der Waals surface area contributed by atoms with Crippen LogP contribution in [0.15, 0.2) is 12.3 Å². The van der Waals surface area contributed by atoms with Crippen molar-refractivity contribution in [3.63, 3.8) is 0 Å². The Balaban J connectivity index is 1.86. The van der Waals surface area contributed by atoms with E-state index in [0.717, 1.165) is 24.5 Å². The first-order valence-electron chi connectivity index (χ1n) is 7.24. The van der Waals surface area contributed by atoms with Gasteiger partial charge in [0, 0.05) is 19.2 Å². The summed E-state index contributed by atoms with van der Waals surface area (Å²) in [6, 6.07) is 1.84. The van der Waals surface area contributed by atoms with Crippen molar-refractivity contribution in [2.75, 3.05) is 0 Å². The molecule has 0 saturated heterocycles. The molecule has 0 unspecified atom stereocenters. The van der Waals surface area contributed by atoms with Gasteiger partial charge in [-0.25, -0.2) is 0 Å². The van der Waals surface area contributed by atoms with Gasteiger partial charge in [0.2, 0.25) is 0 Å². The van der Waals surface area contributed by atoms with Crippen LogP contribution >= 0.6 is 0 Å². The minimum Gasteiger partial charge on any atom is -0.292 e. The SMILES string of the molecule is CCCCC1CCC(C(=O)c2ccnn2C)CC1. The molecule has 0 atom stereocenters. The van der Waals surface area contributed by atoms with Crippen LogP contribution in [0, 0.1) is 11.8 Å². The summed E-state index contributed by atoms with van der Waals surface area (Å²) < 4.78 is 1.70.